The van der Waals surface area contributed by atoms with Crippen molar-refractivity contribution in [3.63, 3.8) is 0 Å². The van der Waals surface area contributed by atoms with Crippen LogP contribution in [0.4, 0.5) is 0 Å². The number of carbonyl (C=O) groups excluding carboxylic acids is 1. The minimum absolute atomic E-state index is 0.00101. The highest BCUT2D eigenvalue weighted by atomic mass is 32.2. The van der Waals surface area contributed by atoms with Gasteiger partial charge in [-0.15, -0.1) is 0 Å². The normalized spacial score (nSPS) is 15.7. The molecule has 0 aromatic heterocycles. The van der Waals surface area contributed by atoms with Crippen LogP contribution in [0, 0.1) is 6.92 Å². The molecule has 0 saturated heterocycles. The molecule has 8 heteroatoms. The van der Waals surface area contributed by atoms with Gasteiger partial charge in [0.15, 0.2) is 6.61 Å². The van der Waals surface area contributed by atoms with Crippen molar-refractivity contribution in [3.05, 3.63) is 53.6 Å². The van der Waals surface area contributed by atoms with Gasteiger partial charge >= 0.3 is 0 Å². The van der Waals surface area contributed by atoms with Gasteiger partial charge in [-0.05, 0) is 56.5 Å². The lowest BCUT2D eigenvalue weighted by molar-refractivity contribution is -0.123. The molecular weight excluding hydrogens is 428 g/mol. The fourth-order valence-electron chi connectivity index (χ4n) is 3.99. The molecular formula is C24H32N2O5S. The average molecular weight is 461 g/mol. The molecule has 2 aromatic rings. The molecule has 174 valence electrons. The van der Waals surface area contributed by atoms with Gasteiger partial charge in [0.05, 0.1) is 18.0 Å². The van der Waals surface area contributed by atoms with Gasteiger partial charge in [-0.1, -0.05) is 37.5 Å². The fourth-order valence-corrected chi connectivity index (χ4v) is 5.38. The Morgan fingerprint density at radius 2 is 1.81 bits per heavy atom. The molecule has 32 heavy (non-hydrogen) atoms. The first-order valence-corrected chi connectivity index (χ1v) is 12.5. The summed E-state index contributed by atoms with van der Waals surface area (Å²) in [5, 5.41) is 2.89. The molecule has 1 saturated carbocycles. The number of methoxy groups -OCH3 is 1. The van der Waals surface area contributed by atoms with Crippen LogP contribution >= 0.6 is 0 Å². The Morgan fingerprint density at radius 3 is 2.50 bits per heavy atom. The minimum Gasteiger partial charge on any atom is -0.496 e. The van der Waals surface area contributed by atoms with Crippen LogP contribution < -0.4 is 19.5 Å². The summed E-state index contributed by atoms with van der Waals surface area (Å²) in [4.78, 5) is 12.6. The van der Waals surface area contributed by atoms with Gasteiger partial charge < -0.3 is 14.8 Å². The molecule has 1 aliphatic carbocycles. The SMILES string of the molecule is COc1ccccc1C(C)NC(=O)COc1ccc(S(=O)(=O)NC2CCCCC2)cc1C. The van der Waals surface area contributed by atoms with Crippen LogP contribution in [0.25, 0.3) is 0 Å². The first-order valence-electron chi connectivity index (χ1n) is 11.0. The fraction of sp³-hybridized carbons (Fsp3) is 0.458. The highest BCUT2D eigenvalue weighted by Gasteiger charge is 2.22. The molecule has 0 heterocycles. The Bertz CT molecular complexity index is 1030. The van der Waals surface area contributed by atoms with Crippen LogP contribution in [-0.4, -0.2) is 34.1 Å². The third kappa shape index (κ3) is 6.23. The van der Waals surface area contributed by atoms with Crippen LogP contribution in [0.15, 0.2) is 47.4 Å². The third-order valence-electron chi connectivity index (χ3n) is 5.73. The van der Waals surface area contributed by atoms with E-state index in [9.17, 15) is 13.2 Å². The molecule has 1 amide bonds. The predicted molar refractivity (Wildman–Crippen MR) is 123 cm³/mol. The zero-order valence-corrected chi connectivity index (χ0v) is 19.7. The molecule has 2 aromatic carbocycles. The summed E-state index contributed by atoms with van der Waals surface area (Å²) in [6, 6.07) is 11.9. The van der Waals surface area contributed by atoms with Gasteiger partial charge in [-0.2, -0.15) is 0 Å². The van der Waals surface area contributed by atoms with Crippen LogP contribution in [0.5, 0.6) is 11.5 Å². The standard InChI is InChI=1S/C24H32N2O5S/c1-17-15-20(32(28,29)26-19-9-5-4-6-10-19)13-14-22(17)31-16-24(27)25-18(2)21-11-7-8-12-23(21)30-3/h7-8,11-15,18-19,26H,4-6,9-10,16H2,1-3H3,(H,25,27). The summed E-state index contributed by atoms with van der Waals surface area (Å²) in [5.41, 5.74) is 1.53. The van der Waals surface area contributed by atoms with Gasteiger partial charge in [0.2, 0.25) is 10.0 Å². The van der Waals surface area contributed by atoms with E-state index >= 15 is 0 Å². The van der Waals surface area contributed by atoms with Crippen molar-refractivity contribution >= 4 is 15.9 Å². The van der Waals surface area contributed by atoms with E-state index in [-0.39, 0.29) is 29.5 Å². The minimum atomic E-state index is -3.58. The van der Waals surface area contributed by atoms with Crippen molar-refractivity contribution in [2.24, 2.45) is 0 Å². The number of benzene rings is 2. The number of hydrogen-bond acceptors (Lipinski definition) is 5. The summed E-state index contributed by atoms with van der Waals surface area (Å²) in [5.74, 6) is 0.899. The van der Waals surface area contributed by atoms with E-state index in [1.54, 1.807) is 26.2 Å². The molecule has 3 rings (SSSR count). The summed E-state index contributed by atoms with van der Waals surface area (Å²) in [7, 11) is -1.99. The topological polar surface area (TPSA) is 93.7 Å². The predicted octanol–water partition coefficient (Wildman–Crippen LogP) is 3.87. The van der Waals surface area contributed by atoms with Gasteiger partial charge in [0, 0.05) is 11.6 Å². The quantitative estimate of drug-likeness (QED) is 0.593. The van der Waals surface area contributed by atoms with E-state index in [0.717, 1.165) is 37.7 Å². The third-order valence-corrected chi connectivity index (χ3v) is 7.24. The van der Waals surface area contributed by atoms with Crippen molar-refractivity contribution in [2.45, 2.75) is 62.9 Å². The molecule has 0 aliphatic heterocycles. The summed E-state index contributed by atoms with van der Waals surface area (Å²) in [6.07, 6.45) is 5.02. The van der Waals surface area contributed by atoms with Crippen LogP contribution in [-0.2, 0) is 14.8 Å². The number of aryl methyl sites for hydroxylation is 1. The van der Waals surface area contributed by atoms with E-state index in [1.807, 2.05) is 31.2 Å². The molecule has 0 spiro atoms. The van der Waals surface area contributed by atoms with E-state index < -0.39 is 10.0 Å². The second kappa shape index (κ2) is 10.8. The zero-order valence-electron chi connectivity index (χ0n) is 18.9. The average Bonchev–Trinajstić information content (AvgIpc) is 2.78. The zero-order chi connectivity index (χ0) is 23.1. The molecule has 2 N–H and O–H groups in total. The van der Waals surface area contributed by atoms with Crippen LogP contribution in [0.2, 0.25) is 0 Å². The Kier molecular flexibility index (Phi) is 8.15. The van der Waals surface area contributed by atoms with Gasteiger partial charge in [-0.3, -0.25) is 4.79 Å². The molecule has 1 atom stereocenters. The monoisotopic (exact) mass is 460 g/mol. The number of nitrogens with one attached hydrogen (secondary N) is 2. The lowest BCUT2D eigenvalue weighted by Crippen LogP contribution is -2.36. The molecule has 1 unspecified atom stereocenters. The first-order chi connectivity index (χ1) is 15.3. The molecule has 0 radical (unpaired) electrons. The second-order valence-corrected chi connectivity index (χ2v) is 9.92. The number of para-hydroxylation sites is 1. The maximum atomic E-state index is 12.7. The Hall–Kier alpha value is -2.58. The number of amides is 1. The van der Waals surface area contributed by atoms with Crippen molar-refractivity contribution in [2.75, 3.05) is 13.7 Å². The number of carbonyl (C=O) groups is 1. The van der Waals surface area contributed by atoms with E-state index in [0.29, 0.717) is 17.1 Å². The van der Waals surface area contributed by atoms with Crippen molar-refractivity contribution in [1.82, 2.24) is 10.0 Å². The van der Waals surface area contributed by atoms with Crippen molar-refractivity contribution in [1.29, 1.82) is 0 Å². The highest BCUT2D eigenvalue weighted by Crippen LogP contribution is 2.25. The Morgan fingerprint density at radius 1 is 1.09 bits per heavy atom. The lowest BCUT2D eigenvalue weighted by Gasteiger charge is -2.22. The summed E-state index contributed by atoms with van der Waals surface area (Å²) >= 11 is 0. The highest BCUT2D eigenvalue weighted by molar-refractivity contribution is 7.89. The first kappa shape index (κ1) is 24.1. The second-order valence-electron chi connectivity index (χ2n) is 8.20. The molecule has 7 nitrogen and oxygen atoms in total. The number of ether oxygens (including phenoxy) is 2. The summed E-state index contributed by atoms with van der Waals surface area (Å²) in [6.45, 7) is 3.47. The van der Waals surface area contributed by atoms with E-state index in [1.165, 1.54) is 6.07 Å². The maximum Gasteiger partial charge on any atom is 0.258 e. The maximum absolute atomic E-state index is 12.7. The lowest BCUT2D eigenvalue weighted by atomic mass is 9.96. The number of sulfonamides is 1. The van der Waals surface area contributed by atoms with Gasteiger partial charge in [0.1, 0.15) is 11.5 Å². The number of hydrogen-bond donors (Lipinski definition) is 2. The van der Waals surface area contributed by atoms with Gasteiger partial charge in [-0.25, -0.2) is 13.1 Å². The molecule has 1 fully saturated rings. The van der Waals surface area contributed by atoms with Crippen LogP contribution in [0.3, 0.4) is 0 Å². The van der Waals surface area contributed by atoms with E-state index in [4.69, 9.17) is 9.47 Å². The smallest absolute Gasteiger partial charge is 0.258 e. The van der Waals surface area contributed by atoms with Crippen molar-refractivity contribution < 1.29 is 22.7 Å². The number of rotatable bonds is 9. The van der Waals surface area contributed by atoms with Gasteiger partial charge in [0.25, 0.3) is 5.91 Å². The van der Waals surface area contributed by atoms with Crippen LogP contribution in [0.1, 0.15) is 56.2 Å². The largest absolute Gasteiger partial charge is 0.496 e. The van der Waals surface area contributed by atoms with Crippen molar-refractivity contribution in [3.8, 4) is 11.5 Å². The molecule has 1 aliphatic rings. The molecule has 0 bridgehead atoms. The summed E-state index contributed by atoms with van der Waals surface area (Å²) < 4.78 is 39.2. The van der Waals surface area contributed by atoms with E-state index in [2.05, 4.69) is 10.0 Å². The Balaban J connectivity index is 1.58. The Labute approximate surface area is 190 Å².